The summed E-state index contributed by atoms with van der Waals surface area (Å²) in [5.41, 5.74) is 6.65. The Bertz CT molecular complexity index is 466. The first-order chi connectivity index (χ1) is 10.5. The fourth-order valence-electron chi connectivity index (χ4n) is 2.46. The van der Waals surface area contributed by atoms with Crippen molar-refractivity contribution in [1.29, 1.82) is 0 Å². The van der Waals surface area contributed by atoms with Crippen LogP contribution in [0.4, 0.5) is 11.5 Å². The summed E-state index contributed by atoms with van der Waals surface area (Å²) >= 11 is 0. The molecule has 2 rings (SSSR count). The largest absolute Gasteiger partial charge is 0.386 e. The second kappa shape index (κ2) is 8.00. The number of ether oxygens (including phenoxy) is 1. The van der Waals surface area contributed by atoms with Crippen molar-refractivity contribution in [3.05, 3.63) is 30.7 Å². The van der Waals surface area contributed by atoms with E-state index in [1.807, 2.05) is 12.3 Å². The van der Waals surface area contributed by atoms with E-state index < -0.39 is 0 Å². The molecule has 0 amide bonds. The van der Waals surface area contributed by atoms with Crippen molar-refractivity contribution in [3.8, 4) is 0 Å². The summed E-state index contributed by atoms with van der Waals surface area (Å²) in [6.07, 6.45) is 2.19. The second-order valence-electron chi connectivity index (χ2n) is 5.80. The molecule has 1 aliphatic heterocycles. The molecule has 6 heteroatoms. The van der Waals surface area contributed by atoms with Crippen LogP contribution in [0.3, 0.4) is 0 Å². The van der Waals surface area contributed by atoms with Crippen LogP contribution in [0.25, 0.3) is 0 Å². The van der Waals surface area contributed by atoms with Gasteiger partial charge in [0.25, 0.3) is 0 Å². The lowest BCUT2D eigenvalue weighted by Gasteiger charge is -2.36. The number of hydrogen-bond acceptors (Lipinski definition) is 6. The average molecular weight is 305 g/mol. The maximum Gasteiger partial charge on any atom is 0.131 e. The highest BCUT2D eigenvalue weighted by atomic mass is 16.5. The molecule has 6 nitrogen and oxygen atoms in total. The van der Waals surface area contributed by atoms with Crippen LogP contribution < -0.4 is 16.0 Å². The van der Waals surface area contributed by atoms with Gasteiger partial charge in [0.2, 0.25) is 0 Å². The minimum Gasteiger partial charge on any atom is -0.386 e. The average Bonchev–Trinajstić information content (AvgIpc) is 2.48. The predicted molar refractivity (Wildman–Crippen MR) is 90.9 cm³/mol. The topological polar surface area (TPSA) is 66.7 Å². The van der Waals surface area contributed by atoms with Gasteiger partial charge in [-0.05, 0) is 26.0 Å². The number of nitrogens with one attached hydrogen (secondary N) is 1. The zero-order valence-corrected chi connectivity index (χ0v) is 13.6. The van der Waals surface area contributed by atoms with Crippen molar-refractivity contribution in [1.82, 2.24) is 9.88 Å². The molecule has 0 aromatic carbocycles. The van der Waals surface area contributed by atoms with E-state index in [9.17, 15) is 0 Å². The van der Waals surface area contributed by atoms with Gasteiger partial charge < -0.3 is 20.7 Å². The van der Waals surface area contributed by atoms with Gasteiger partial charge in [-0.3, -0.25) is 4.90 Å². The number of aromatic nitrogens is 1. The molecule has 0 aliphatic carbocycles. The Morgan fingerprint density at radius 2 is 2.09 bits per heavy atom. The Morgan fingerprint density at radius 1 is 1.36 bits per heavy atom. The highest BCUT2D eigenvalue weighted by molar-refractivity contribution is 5.51. The summed E-state index contributed by atoms with van der Waals surface area (Å²) in [6, 6.07) is 3.99. The Balaban J connectivity index is 1.77. The Labute approximate surface area is 132 Å². The van der Waals surface area contributed by atoms with Crippen LogP contribution in [0, 0.1) is 0 Å². The van der Waals surface area contributed by atoms with Gasteiger partial charge in [0.1, 0.15) is 5.82 Å². The molecule has 0 unspecified atom stereocenters. The summed E-state index contributed by atoms with van der Waals surface area (Å²) < 4.78 is 5.61. The summed E-state index contributed by atoms with van der Waals surface area (Å²) in [6.45, 7) is 13.7. The van der Waals surface area contributed by atoms with Gasteiger partial charge in [-0.15, -0.1) is 0 Å². The standard InChI is InChI=1S/C16H27N5O/c1-13(2)22-11-10-20-6-8-21(9-7-20)15-4-5-16(18-12-15)19-14(3)17/h4-5,12-13H,3,6-11,17H2,1-2H3,(H,18,19). The minimum absolute atomic E-state index is 0.309. The molecule has 0 atom stereocenters. The van der Waals surface area contributed by atoms with Gasteiger partial charge in [-0.2, -0.15) is 0 Å². The lowest BCUT2D eigenvalue weighted by atomic mass is 10.2. The molecule has 22 heavy (non-hydrogen) atoms. The third-order valence-corrected chi connectivity index (χ3v) is 3.63. The van der Waals surface area contributed by atoms with Crippen LogP contribution >= 0.6 is 0 Å². The lowest BCUT2D eigenvalue weighted by molar-refractivity contribution is 0.0579. The molecule has 1 aromatic rings. The number of hydrogen-bond donors (Lipinski definition) is 2. The third-order valence-electron chi connectivity index (χ3n) is 3.63. The SMILES string of the molecule is C=C(N)Nc1ccc(N2CCN(CCOC(C)C)CC2)cn1. The van der Waals surface area contributed by atoms with E-state index in [1.54, 1.807) is 0 Å². The molecule has 1 aliphatic rings. The number of rotatable bonds is 7. The molecule has 1 saturated heterocycles. The first-order valence-corrected chi connectivity index (χ1v) is 7.81. The van der Waals surface area contributed by atoms with Crippen molar-refractivity contribution in [2.24, 2.45) is 5.73 Å². The zero-order chi connectivity index (χ0) is 15.9. The summed E-state index contributed by atoms with van der Waals surface area (Å²) in [5, 5.41) is 2.91. The Kier molecular flexibility index (Phi) is 6.03. The highest BCUT2D eigenvalue weighted by Crippen LogP contribution is 2.17. The number of nitrogens with zero attached hydrogens (tertiary/aromatic N) is 3. The summed E-state index contributed by atoms with van der Waals surface area (Å²) in [5.74, 6) is 1.12. The molecule has 0 bridgehead atoms. The van der Waals surface area contributed by atoms with Gasteiger partial charge >= 0.3 is 0 Å². The van der Waals surface area contributed by atoms with E-state index >= 15 is 0 Å². The van der Waals surface area contributed by atoms with Crippen molar-refractivity contribution in [3.63, 3.8) is 0 Å². The normalized spacial score (nSPS) is 16.0. The maximum atomic E-state index is 5.61. The van der Waals surface area contributed by atoms with E-state index in [0.717, 1.165) is 50.8 Å². The van der Waals surface area contributed by atoms with Gasteiger partial charge in [0.15, 0.2) is 0 Å². The number of anilines is 2. The zero-order valence-electron chi connectivity index (χ0n) is 13.6. The van der Waals surface area contributed by atoms with Crippen LogP contribution in [0.2, 0.25) is 0 Å². The molecule has 122 valence electrons. The first-order valence-electron chi connectivity index (χ1n) is 7.81. The van der Waals surface area contributed by atoms with Gasteiger partial charge in [-0.1, -0.05) is 6.58 Å². The van der Waals surface area contributed by atoms with Gasteiger partial charge in [0, 0.05) is 32.7 Å². The highest BCUT2D eigenvalue weighted by Gasteiger charge is 2.17. The van der Waals surface area contributed by atoms with Crippen molar-refractivity contribution in [2.75, 3.05) is 49.5 Å². The fraction of sp³-hybridized carbons (Fsp3) is 0.562. The lowest BCUT2D eigenvalue weighted by Crippen LogP contribution is -2.47. The quantitative estimate of drug-likeness (QED) is 0.795. The van der Waals surface area contributed by atoms with E-state index in [2.05, 4.69) is 46.6 Å². The van der Waals surface area contributed by atoms with E-state index in [1.165, 1.54) is 0 Å². The van der Waals surface area contributed by atoms with Crippen molar-refractivity contribution in [2.45, 2.75) is 20.0 Å². The summed E-state index contributed by atoms with van der Waals surface area (Å²) in [7, 11) is 0. The van der Waals surface area contributed by atoms with Crippen molar-refractivity contribution < 1.29 is 4.74 Å². The van der Waals surface area contributed by atoms with Crippen LogP contribution in [-0.2, 0) is 4.74 Å². The molecule has 1 fully saturated rings. The Morgan fingerprint density at radius 3 is 2.64 bits per heavy atom. The predicted octanol–water partition coefficient (Wildman–Crippen LogP) is 1.47. The molecule has 2 heterocycles. The number of pyridine rings is 1. The van der Waals surface area contributed by atoms with Crippen LogP contribution in [0.15, 0.2) is 30.7 Å². The molecule has 1 aromatic heterocycles. The van der Waals surface area contributed by atoms with Crippen molar-refractivity contribution >= 4 is 11.5 Å². The van der Waals surface area contributed by atoms with Crippen LogP contribution in [0.1, 0.15) is 13.8 Å². The maximum absolute atomic E-state index is 5.61. The minimum atomic E-state index is 0.309. The molecule has 0 spiro atoms. The van der Waals surface area contributed by atoms with Crippen LogP contribution in [-0.4, -0.2) is 55.3 Å². The number of piperazine rings is 1. The molecule has 0 radical (unpaired) electrons. The smallest absolute Gasteiger partial charge is 0.131 e. The summed E-state index contributed by atoms with van der Waals surface area (Å²) in [4.78, 5) is 9.15. The fourth-order valence-corrected chi connectivity index (χ4v) is 2.46. The molecule has 0 saturated carbocycles. The van der Waals surface area contributed by atoms with E-state index in [-0.39, 0.29) is 0 Å². The monoisotopic (exact) mass is 305 g/mol. The van der Waals surface area contributed by atoms with Gasteiger partial charge in [-0.25, -0.2) is 4.98 Å². The first kappa shape index (κ1) is 16.6. The Hall–Kier alpha value is -1.79. The third kappa shape index (κ3) is 5.20. The van der Waals surface area contributed by atoms with Crippen LogP contribution in [0.5, 0.6) is 0 Å². The van der Waals surface area contributed by atoms with Gasteiger partial charge in [0.05, 0.1) is 30.4 Å². The number of nitrogens with two attached hydrogens (primary N) is 1. The molecule has 3 N–H and O–H groups in total. The molecular formula is C16H27N5O. The molecular weight excluding hydrogens is 278 g/mol. The van der Waals surface area contributed by atoms with E-state index in [0.29, 0.717) is 11.9 Å². The van der Waals surface area contributed by atoms with E-state index in [4.69, 9.17) is 10.5 Å². The second-order valence-corrected chi connectivity index (χ2v) is 5.80.